The Labute approximate surface area is 260 Å². The van der Waals surface area contributed by atoms with Crippen molar-refractivity contribution in [2.45, 2.75) is 45.5 Å². The number of amides is 3. The largest absolute Gasteiger partial charge is 0.479 e. The van der Waals surface area contributed by atoms with Gasteiger partial charge in [-0.15, -0.1) is 5.10 Å². The lowest BCUT2D eigenvalue weighted by molar-refractivity contribution is -0.138. The molecule has 3 aromatic rings. The highest BCUT2D eigenvalue weighted by molar-refractivity contribution is 8.18. The van der Waals surface area contributed by atoms with Crippen LogP contribution in [0.1, 0.15) is 43.4 Å². The Morgan fingerprint density at radius 3 is 2.55 bits per heavy atom. The Morgan fingerprint density at radius 1 is 1.16 bits per heavy atom. The predicted molar refractivity (Wildman–Crippen MR) is 160 cm³/mol. The van der Waals surface area contributed by atoms with Gasteiger partial charge in [-0.05, 0) is 72.0 Å². The van der Waals surface area contributed by atoms with Crippen LogP contribution in [0.4, 0.5) is 22.8 Å². The first-order valence-corrected chi connectivity index (χ1v) is 15.1. The van der Waals surface area contributed by atoms with Gasteiger partial charge in [-0.2, -0.15) is 13.2 Å². The lowest BCUT2D eigenvalue weighted by atomic mass is 10.0. The molecule has 0 N–H and O–H groups in total. The molecular weight excluding hydrogens is 621 g/mol. The Hall–Kier alpha value is -3.71. The third-order valence-corrected chi connectivity index (χ3v) is 8.50. The van der Waals surface area contributed by atoms with Crippen LogP contribution in [0.25, 0.3) is 17.0 Å². The number of benzene rings is 2. The average Bonchev–Trinajstić information content (AvgIpc) is 3.46. The monoisotopic (exact) mass is 650 g/mol. The van der Waals surface area contributed by atoms with Crippen LogP contribution in [0, 0.1) is 5.92 Å². The van der Waals surface area contributed by atoms with Crippen LogP contribution in [-0.4, -0.2) is 69.7 Å². The van der Waals surface area contributed by atoms with Gasteiger partial charge in [-0.3, -0.25) is 19.2 Å². The highest BCUT2D eigenvalue weighted by Gasteiger charge is 2.41. The van der Waals surface area contributed by atoms with Crippen LogP contribution < -0.4 is 4.74 Å². The van der Waals surface area contributed by atoms with Crippen LogP contribution in [-0.2, 0) is 22.3 Å². The van der Waals surface area contributed by atoms with E-state index in [-0.39, 0.29) is 45.1 Å². The summed E-state index contributed by atoms with van der Waals surface area (Å²) in [5.41, 5.74) is 0.251. The SMILES string of the molecule is COc1nn(Cc2ccc(Cl)cc2C(F)(F)F)c2ccc(C=C3SC(=O)N(C4CCN(C(=O)OCC(C)C)CC4)C3=O)cc12. The van der Waals surface area contributed by atoms with Crippen LogP contribution in [0.2, 0.25) is 5.02 Å². The molecule has 0 spiro atoms. The molecule has 2 aliphatic heterocycles. The summed E-state index contributed by atoms with van der Waals surface area (Å²) in [6, 6.07) is 8.34. The number of alkyl halides is 3. The molecule has 0 aliphatic carbocycles. The molecule has 44 heavy (non-hydrogen) atoms. The number of hydrogen-bond donors (Lipinski definition) is 0. The number of fused-ring (bicyclic) bond motifs is 1. The zero-order valence-electron chi connectivity index (χ0n) is 24.2. The van der Waals surface area contributed by atoms with E-state index in [1.165, 1.54) is 28.8 Å². The zero-order chi connectivity index (χ0) is 31.8. The summed E-state index contributed by atoms with van der Waals surface area (Å²) in [5, 5.41) is 4.49. The van der Waals surface area contributed by atoms with E-state index in [2.05, 4.69) is 5.10 Å². The number of methoxy groups -OCH3 is 1. The van der Waals surface area contributed by atoms with Crippen molar-refractivity contribution in [3.63, 3.8) is 0 Å². The number of rotatable bonds is 7. The maximum Gasteiger partial charge on any atom is 0.416 e. The summed E-state index contributed by atoms with van der Waals surface area (Å²) in [7, 11) is 1.41. The van der Waals surface area contributed by atoms with Crippen molar-refractivity contribution in [1.29, 1.82) is 0 Å². The van der Waals surface area contributed by atoms with E-state index in [1.54, 1.807) is 29.2 Å². The van der Waals surface area contributed by atoms with Gasteiger partial charge < -0.3 is 14.4 Å². The van der Waals surface area contributed by atoms with E-state index in [0.717, 1.165) is 17.8 Å². The number of thioether (sulfide) groups is 1. The molecule has 234 valence electrons. The van der Waals surface area contributed by atoms with Gasteiger partial charge in [0.2, 0.25) is 5.88 Å². The first kappa shape index (κ1) is 31.7. The van der Waals surface area contributed by atoms with Gasteiger partial charge in [0.1, 0.15) is 0 Å². The van der Waals surface area contributed by atoms with Gasteiger partial charge >= 0.3 is 12.3 Å². The van der Waals surface area contributed by atoms with E-state index in [0.29, 0.717) is 49.0 Å². The Balaban J connectivity index is 1.33. The van der Waals surface area contributed by atoms with Crippen LogP contribution >= 0.6 is 23.4 Å². The summed E-state index contributed by atoms with van der Waals surface area (Å²) in [5.74, 6) is 0.00736. The number of aromatic nitrogens is 2. The van der Waals surface area contributed by atoms with Crippen molar-refractivity contribution in [2.75, 3.05) is 26.8 Å². The van der Waals surface area contributed by atoms with Crippen molar-refractivity contribution in [1.82, 2.24) is 19.6 Å². The number of nitrogens with zero attached hydrogens (tertiary/aromatic N) is 4. The number of carbonyl (C=O) groups is 3. The minimum atomic E-state index is -4.60. The maximum atomic E-state index is 13.7. The summed E-state index contributed by atoms with van der Waals surface area (Å²) in [4.78, 5) is 41.6. The smallest absolute Gasteiger partial charge is 0.416 e. The number of imide groups is 1. The minimum Gasteiger partial charge on any atom is -0.479 e. The molecule has 0 atom stereocenters. The zero-order valence-corrected chi connectivity index (χ0v) is 25.8. The maximum absolute atomic E-state index is 13.7. The first-order valence-electron chi connectivity index (χ1n) is 13.9. The summed E-state index contributed by atoms with van der Waals surface area (Å²) in [6.07, 6.45) is -2.49. The number of carbonyl (C=O) groups excluding carboxylic acids is 3. The second-order valence-corrected chi connectivity index (χ2v) is 12.4. The molecule has 5 rings (SSSR count). The number of hydrogen-bond acceptors (Lipinski definition) is 7. The molecule has 2 fully saturated rings. The second-order valence-electron chi connectivity index (χ2n) is 11.0. The van der Waals surface area contributed by atoms with E-state index >= 15 is 0 Å². The standard InChI is InChI=1S/C30H30ClF3N4O5S/c1-17(2)16-43-28(40)36-10-8-21(9-11-36)38-27(39)25(44-29(38)41)13-18-4-7-24-22(12-18)26(42-3)35-37(24)15-19-5-6-20(31)14-23(19)30(32,33)34/h4-7,12-14,17,21H,8-11,15-16H2,1-3H3. The molecule has 14 heteroatoms. The topological polar surface area (TPSA) is 94.0 Å². The van der Waals surface area contributed by atoms with E-state index in [9.17, 15) is 27.6 Å². The highest BCUT2D eigenvalue weighted by atomic mass is 35.5. The molecule has 2 saturated heterocycles. The molecule has 1 aromatic heterocycles. The normalized spacial score (nSPS) is 17.4. The van der Waals surface area contributed by atoms with Gasteiger partial charge in [0.05, 0.1) is 41.6 Å². The van der Waals surface area contributed by atoms with Gasteiger partial charge in [0.15, 0.2) is 0 Å². The van der Waals surface area contributed by atoms with Crippen molar-refractivity contribution >= 4 is 57.6 Å². The van der Waals surface area contributed by atoms with Crippen molar-refractivity contribution in [3.05, 3.63) is 63.0 Å². The quantitative estimate of drug-likeness (QED) is 0.253. The molecule has 0 radical (unpaired) electrons. The van der Waals surface area contributed by atoms with Crippen LogP contribution in [0.3, 0.4) is 0 Å². The second kappa shape index (κ2) is 12.7. The molecule has 2 aromatic carbocycles. The number of ether oxygens (including phenoxy) is 2. The molecule has 3 heterocycles. The molecule has 9 nitrogen and oxygen atoms in total. The van der Waals surface area contributed by atoms with Crippen LogP contribution in [0.15, 0.2) is 41.3 Å². The van der Waals surface area contributed by atoms with Crippen molar-refractivity contribution in [2.24, 2.45) is 5.92 Å². The predicted octanol–water partition coefficient (Wildman–Crippen LogP) is 7.06. The van der Waals surface area contributed by atoms with Gasteiger partial charge in [0.25, 0.3) is 11.1 Å². The fourth-order valence-corrected chi connectivity index (χ4v) is 6.29. The Morgan fingerprint density at radius 2 is 1.89 bits per heavy atom. The molecule has 2 aliphatic rings. The molecule has 0 unspecified atom stereocenters. The number of piperidine rings is 1. The molecule has 0 bridgehead atoms. The Bertz CT molecular complexity index is 1630. The van der Waals surface area contributed by atoms with E-state index < -0.39 is 23.7 Å². The average molecular weight is 651 g/mol. The fourth-order valence-electron chi connectivity index (χ4n) is 5.22. The van der Waals surface area contributed by atoms with Gasteiger partial charge in [-0.1, -0.05) is 37.6 Å². The first-order chi connectivity index (χ1) is 20.8. The highest BCUT2D eigenvalue weighted by Crippen LogP contribution is 2.38. The Kier molecular flexibility index (Phi) is 9.17. The van der Waals surface area contributed by atoms with Crippen molar-refractivity contribution < 1.29 is 37.0 Å². The summed E-state index contributed by atoms with van der Waals surface area (Å²) >= 11 is 6.67. The lowest BCUT2D eigenvalue weighted by Crippen LogP contribution is -2.48. The van der Waals surface area contributed by atoms with E-state index in [1.807, 2.05) is 13.8 Å². The summed E-state index contributed by atoms with van der Waals surface area (Å²) < 4.78 is 53.1. The fraction of sp³-hybridized carbons (Fsp3) is 0.400. The van der Waals surface area contributed by atoms with Gasteiger partial charge in [-0.25, -0.2) is 4.79 Å². The summed E-state index contributed by atoms with van der Waals surface area (Å²) in [6.45, 7) is 4.80. The number of halogens is 4. The molecule has 3 amide bonds. The van der Waals surface area contributed by atoms with Crippen LogP contribution in [0.5, 0.6) is 5.88 Å². The third kappa shape index (κ3) is 6.68. The third-order valence-electron chi connectivity index (χ3n) is 7.38. The van der Waals surface area contributed by atoms with Crippen molar-refractivity contribution in [3.8, 4) is 5.88 Å². The van der Waals surface area contributed by atoms with E-state index in [4.69, 9.17) is 21.1 Å². The molecular formula is C30H30ClF3N4O5S. The number of likely N-dealkylation sites (tertiary alicyclic amines) is 1. The molecule has 0 saturated carbocycles. The van der Waals surface area contributed by atoms with Gasteiger partial charge in [0, 0.05) is 24.2 Å². The lowest BCUT2D eigenvalue weighted by Gasteiger charge is -2.34. The minimum absolute atomic E-state index is 0.00927.